The number of nitrogens with two attached hydrogens (primary N) is 1. The molecule has 1 aliphatic rings. The lowest BCUT2D eigenvalue weighted by Gasteiger charge is -2.19. The summed E-state index contributed by atoms with van der Waals surface area (Å²) in [5, 5.41) is 45.4. The van der Waals surface area contributed by atoms with Crippen molar-refractivity contribution in [3.63, 3.8) is 0 Å². The van der Waals surface area contributed by atoms with E-state index in [1.165, 1.54) is 6.07 Å². The molecule has 13 heteroatoms. The van der Waals surface area contributed by atoms with Gasteiger partial charge in [-0.25, -0.2) is 0 Å². The average molecular weight is 456 g/mol. The van der Waals surface area contributed by atoms with E-state index in [4.69, 9.17) is 15.9 Å². The fraction of sp³-hybridized carbons (Fsp3) is 0.444. The van der Waals surface area contributed by atoms with Crippen LogP contribution in [0, 0.1) is 0 Å². The first-order valence-corrected chi connectivity index (χ1v) is 10.3. The Hall–Kier alpha value is -3.19. The number of phenolic OH excluding ortho intramolecular Hbond substituents is 2. The zero-order valence-corrected chi connectivity index (χ0v) is 17.2. The molecule has 2 rings (SSSR count). The monoisotopic (exact) mass is 456 g/mol. The molecule has 1 aliphatic heterocycles. The van der Waals surface area contributed by atoms with E-state index in [1.807, 2.05) is 0 Å². The van der Waals surface area contributed by atoms with Crippen LogP contribution >= 0.6 is 11.8 Å². The van der Waals surface area contributed by atoms with Gasteiger partial charge in [-0.05, 0) is 18.4 Å². The number of carboxylic acids is 2. The summed E-state index contributed by atoms with van der Waals surface area (Å²) in [7, 11) is 0. The number of hydrogen-bond donors (Lipinski definition) is 8. The molecule has 12 nitrogen and oxygen atoms in total. The molecule has 0 aromatic heterocycles. The van der Waals surface area contributed by atoms with Crippen molar-refractivity contribution < 1.29 is 39.6 Å². The van der Waals surface area contributed by atoms with Gasteiger partial charge in [0.05, 0.1) is 4.90 Å². The number of carbonyl (C=O) groups excluding carboxylic acids is 2. The summed E-state index contributed by atoms with van der Waals surface area (Å²) in [5.74, 6) is -4.70. The van der Waals surface area contributed by atoms with Gasteiger partial charge in [0.15, 0.2) is 11.5 Å². The van der Waals surface area contributed by atoms with Gasteiger partial charge >= 0.3 is 11.9 Å². The van der Waals surface area contributed by atoms with Gasteiger partial charge in [-0.3, -0.25) is 19.2 Å². The fourth-order valence-electron chi connectivity index (χ4n) is 2.87. The number of aliphatic carboxylic acids is 2. The minimum atomic E-state index is -1.27. The van der Waals surface area contributed by atoms with Crippen molar-refractivity contribution in [2.75, 3.05) is 24.2 Å². The highest BCUT2D eigenvalue weighted by molar-refractivity contribution is 7.99. The molecule has 1 aromatic rings. The third-order valence-corrected chi connectivity index (χ3v) is 5.72. The second-order valence-electron chi connectivity index (χ2n) is 6.80. The van der Waals surface area contributed by atoms with Crippen LogP contribution in [-0.2, 0) is 25.6 Å². The van der Waals surface area contributed by atoms with Crippen molar-refractivity contribution in [3.8, 4) is 11.5 Å². The maximum atomic E-state index is 12.4. The molecule has 170 valence electrons. The normalized spacial score (nSPS) is 14.1. The second-order valence-corrected chi connectivity index (χ2v) is 7.83. The molecular weight excluding hydrogens is 432 g/mol. The Morgan fingerprint density at radius 3 is 2.58 bits per heavy atom. The predicted molar refractivity (Wildman–Crippen MR) is 110 cm³/mol. The zero-order chi connectivity index (χ0) is 23.1. The Morgan fingerprint density at radius 1 is 1.23 bits per heavy atom. The van der Waals surface area contributed by atoms with E-state index in [1.54, 1.807) is 0 Å². The Balaban J connectivity index is 2.10. The van der Waals surface area contributed by atoms with Gasteiger partial charge in [0.1, 0.15) is 18.6 Å². The summed E-state index contributed by atoms with van der Waals surface area (Å²) < 4.78 is 0. The van der Waals surface area contributed by atoms with Crippen molar-refractivity contribution in [3.05, 3.63) is 11.6 Å². The number of aromatic hydroxyl groups is 2. The number of hydrogen-bond acceptors (Lipinski definition) is 9. The van der Waals surface area contributed by atoms with Crippen molar-refractivity contribution in [2.24, 2.45) is 5.73 Å². The van der Waals surface area contributed by atoms with Crippen molar-refractivity contribution in [1.82, 2.24) is 10.6 Å². The predicted octanol–water partition coefficient (Wildman–Crippen LogP) is -0.964. The number of thioether (sulfide) groups is 1. The summed E-state index contributed by atoms with van der Waals surface area (Å²) in [5.41, 5.74) is 6.77. The van der Waals surface area contributed by atoms with E-state index >= 15 is 0 Å². The largest absolute Gasteiger partial charge is 0.504 e. The van der Waals surface area contributed by atoms with Gasteiger partial charge in [-0.1, -0.05) is 0 Å². The quantitative estimate of drug-likeness (QED) is 0.115. The van der Waals surface area contributed by atoms with Gasteiger partial charge in [0, 0.05) is 30.5 Å². The molecule has 0 unspecified atom stereocenters. The lowest BCUT2D eigenvalue weighted by molar-refractivity contribution is -0.139. The second kappa shape index (κ2) is 10.7. The highest BCUT2D eigenvalue weighted by atomic mass is 32.2. The number of phenols is 2. The first-order valence-electron chi connectivity index (χ1n) is 9.31. The molecule has 0 fully saturated rings. The van der Waals surface area contributed by atoms with Gasteiger partial charge in [0.25, 0.3) is 0 Å². The third-order valence-electron chi connectivity index (χ3n) is 4.49. The summed E-state index contributed by atoms with van der Waals surface area (Å²) in [6, 6.07) is -1.02. The number of rotatable bonds is 11. The van der Waals surface area contributed by atoms with Crippen molar-refractivity contribution >= 4 is 41.2 Å². The molecule has 1 aromatic carbocycles. The van der Waals surface area contributed by atoms with Gasteiger partial charge in [0.2, 0.25) is 11.8 Å². The molecule has 0 aliphatic carbocycles. The number of carboxylic acid groups (broad SMARTS) is 2. The summed E-state index contributed by atoms with van der Waals surface area (Å²) in [6.07, 6.45) is 0.183. The fourth-order valence-corrected chi connectivity index (χ4v) is 4.06. The van der Waals surface area contributed by atoms with Crippen LogP contribution in [0.25, 0.3) is 0 Å². The average Bonchev–Trinajstić information content (AvgIpc) is 3.17. The van der Waals surface area contributed by atoms with Crippen LogP contribution in [0.15, 0.2) is 11.0 Å². The zero-order valence-electron chi connectivity index (χ0n) is 16.4. The van der Waals surface area contributed by atoms with Gasteiger partial charge in [-0.2, -0.15) is 0 Å². The van der Waals surface area contributed by atoms with Crippen LogP contribution in [0.4, 0.5) is 5.69 Å². The Kier molecular flexibility index (Phi) is 8.33. The molecule has 2 amide bonds. The molecule has 9 N–H and O–H groups in total. The maximum Gasteiger partial charge on any atom is 0.322 e. The molecular formula is C18H24N4O8S. The van der Waals surface area contributed by atoms with E-state index in [2.05, 4.69) is 16.0 Å². The van der Waals surface area contributed by atoms with Gasteiger partial charge < -0.3 is 42.1 Å². The first kappa shape index (κ1) is 24.1. The van der Waals surface area contributed by atoms with Crippen LogP contribution in [0.5, 0.6) is 11.5 Å². The number of amides is 2. The van der Waals surface area contributed by atoms with Crippen molar-refractivity contribution in [2.45, 2.75) is 36.2 Å². The molecule has 0 bridgehead atoms. The molecule has 0 spiro atoms. The highest BCUT2D eigenvalue weighted by Gasteiger charge is 2.26. The van der Waals surface area contributed by atoms with E-state index in [9.17, 15) is 29.4 Å². The van der Waals surface area contributed by atoms with Crippen LogP contribution in [0.2, 0.25) is 0 Å². The molecule has 0 saturated heterocycles. The lowest BCUT2D eigenvalue weighted by atomic mass is 10.1. The van der Waals surface area contributed by atoms with Crippen LogP contribution in [-0.4, -0.2) is 75.1 Å². The SMILES string of the molecule is N[C@H](CCC(=O)N[C@@H](CSc1c(O)c(O)cc2c1CCN2)C(=O)NCC(=O)O)C(=O)O. The summed E-state index contributed by atoms with van der Waals surface area (Å²) in [6.45, 7) is -0.0503. The number of anilines is 1. The minimum absolute atomic E-state index is 0.0777. The lowest BCUT2D eigenvalue weighted by Crippen LogP contribution is -2.49. The molecule has 0 saturated carbocycles. The Labute approximate surface area is 181 Å². The standard InChI is InChI=1S/C18H24N4O8S/c19-9(18(29)30)1-2-13(24)22-11(17(28)21-6-14(25)26)7-31-16-8-3-4-20-10(8)5-12(23)15(16)27/h5,9,11,20,23,27H,1-4,6-7,19H2,(H,21,28)(H,22,24)(H,25,26)(H,29,30)/t9-,11+/m1/s1. The van der Waals surface area contributed by atoms with Crippen molar-refractivity contribution in [1.29, 1.82) is 0 Å². The molecule has 0 radical (unpaired) electrons. The Morgan fingerprint density at radius 2 is 1.94 bits per heavy atom. The van der Waals surface area contributed by atoms with Crippen LogP contribution in [0.1, 0.15) is 18.4 Å². The Bertz CT molecular complexity index is 879. The van der Waals surface area contributed by atoms with E-state index in [-0.39, 0.29) is 30.1 Å². The molecule has 2 atom stereocenters. The topological polar surface area (TPSA) is 211 Å². The number of benzene rings is 1. The number of nitrogens with one attached hydrogen (secondary N) is 3. The number of carbonyl (C=O) groups is 4. The van der Waals surface area contributed by atoms with E-state index in [0.717, 1.165) is 17.3 Å². The smallest absolute Gasteiger partial charge is 0.322 e. The van der Waals surface area contributed by atoms with E-state index in [0.29, 0.717) is 23.5 Å². The molecule has 1 heterocycles. The first-order chi connectivity index (χ1) is 14.6. The summed E-state index contributed by atoms with van der Waals surface area (Å²) >= 11 is 1.02. The van der Waals surface area contributed by atoms with Crippen LogP contribution < -0.4 is 21.7 Å². The van der Waals surface area contributed by atoms with E-state index < -0.39 is 42.4 Å². The third kappa shape index (κ3) is 6.65. The maximum absolute atomic E-state index is 12.4. The highest BCUT2D eigenvalue weighted by Crippen LogP contribution is 2.44. The summed E-state index contributed by atoms with van der Waals surface area (Å²) in [4.78, 5) is 46.4. The molecule has 31 heavy (non-hydrogen) atoms. The van der Waals surface area contributed by atoms with Gasteiger partial charge in [-0.15, -0.1) is 11.8 Å². The minimum Gasteiger partial charge on any atom is -0.504 e. The van der Waals surface area contributed by atoms with Crippen LogP contribution in [0.3, 0.4) is 0 Å². The number of fused-ring (bicyclic) bond motifs is 1.